The number of thiophene rings is 1. The van der Waals surface area contributed by atoms with Crippen LogP contribution < -0.4 is 5.32 Å². The Bertz CT molecular complexity index is 543. The monoisotopic (exact) mass is 336 g/mol. The van der Waals surface area contributed by atoms with Crippen molar-refractivity contribution in [2.24, 2.45) is 0 Å². The fourth-order valence-electron chi connectivity index (χ4n) is 2.63. The number of sulfonamides is 1. The zero-order chi connectivity index (χ0) is 14.9. The molecule has 114 valence electrons. The molecule has 1 N–H and O–H groups in total. The Morgan fingerprint density at radius 2 is 1.95 bits per heavy atom. The van der Waals surface area contributed by atoms with E-state index in [1.807, 2.05) is 14.0 Å². The lowest BCUT2D eigenvalue weighted by Crippen LogP contribution is -2.42. The van der Waals surface area contributed by atoms with Crippen molar-refractivity contribution in [3.8, 4) is 0 Å². The molecule has 0 amide bonds. The molecule has 0 aliphatic heterocycles. The van der Waals surface area contributed by atoms with Gasteiger partial charge >= 0.3 is 0 Å². The number of hydrogen-bond donors (Lipinski definition) is 1. The van der Waals surface area contributed by atoms with Gasteiger partial charge in [-0.25, -0.2) is 8.42 Å². The summed E-state index contributed by atoms with van der Waals surface area (Å²) in [5, 5.41) is 3.26. The molecule has 1 aromatic rings. The van der Waals surface area contributed by atoms with Crippen molar-refractivity contribution in [1.29, 1.82) is 0 Å². The molecule has 0 unspecified atom stereocenters. The third kappa shape index (κ3) is 3.20. The molecule has 4 nitrogen and oxygen atoms in total. The topological polar surface area (TPSA) is 49.4 Å². The van der Waals surface area contributed by atoms with E-state index >= 15 is 0 Å². The van der Waals surface area contributed by atoms with Crippen LogP contribution in [0.4, 0.5) is 0 Å². The van der Waals surface area contributed by atoms with Gasteiger partial charge in [0, 0.05) is 19.1 Å². The zero-order valence-electron chi connectivity index (χ0n) is 12.0. The van der Waals surface area contributed by atoms with E-state index < -0.39 is 10.0 Å². The van der Waals surface area contributed by atoms with Crippen molar-refractivity contribution in [2.75, 3.05) is 14.1 Å². The fraction of sp³-hybridized carbons (Fsp3) is 0.692. The van der Waals surface area contributed by atoms with Crippen LogP contribution in [0.1, 0.15) is 31.2 Å². The summed E-state index contributed by atoms with van der Waals surface area (Å²) in [4.78, 5) is 0. The molecule has 1 aromatic heterocycles. The quantitative estimate of drug-likeness (QED) is 0.919. The largest absolute Gasteiger partial charge is 0.317 e. The van der Waals surface area contributed by atoms with Gasteiger partial charge in [0.1, 0.15) is 4.21 Å². The van der Waals surface area contributed by atoms with E-state index in [1.165, 1.54) is 4.31 Å². The summed E-state index contributed by atoms with van der Waals surface area (Å²) >= 11 is 7.13. The Kier molecular flexibility index (Phi) is 5.13. The Morgan fingerprint density at radius 3 is 2.40 bits per heavy atom. The zero-order valence-corrected chi connectivity index (χ0v) is 14.4. The minimum absolute atomic E-state index is 0.0887. The summed E-state index contributed by atoms with van der Waals surface area (Å²) < 4.78 is 27.6. The highest BCUT2D eigenvalue weighted by Crippen LogP contribution is 2.34. The second kappa shape index (κ2) is 6.32. The van der Waals surface area contributed by atoms with Crippen molar-refractivity contribution in [3.63, 3.8) is 0 Å². The molecule has 1 aliphatic rings. The van der Waals surface area contributed by atoms with Gasteiger partial charge in [-0.15, -0.1) is 11.3 Å². The molecule has 1 saturated carbocycles. The van der Waals surface area contributed by atoms with Crippen LogP contribution in [0.25, 0.3) is 0 Å². The third-order valence-electron chi connectivity index (χ3n) is 4.09. The first-order chi connectivity index (χ1) is 9.36. The Morgan fingerprint density at radius 1 is 1.35 bits per heavy atom. The van der Waals surface area contributed by atoms with Gasteiger partial charge in [-0.2, -0.15) is 4.31 Å². The number of nitrogens with zero attached hydrogens (tertiary/aromatic N) is 1. The summed E-state index contributed by atoms with van der Waals surface area (Å²) in [6.07, 6.45) is 3.84. The van der Waals surface area contributed by atoms with Crippen molar-refractivity contribution in [2.45, 2.75) is 48.9 Å². The maximum atomic E-state index is 12.6. The molecule has 2 rings (SSSR count). The summed E-state index contributed by atoms with van der Waals surface area (Å²) in [7, 11) is 0.226. The fourth-order valence-corrected chi connectivity index (χ4v) is 5.94. The molecule has 1 aliphatic carbocycles. The number of rotatable bonds is 4. The normalized spacial score (nSPS) is 24.2. The first-order valence-corrected chi connectivity index (χ1v) is 9.41. The number of hydrogen-bond acceptors (Lipinski definition) is 4. The van der Waals surface area contributed by atoms with Crippen LogP contribution in [0.5, 0.6) is 0 Å². The van der Waals surface area contributed by atoms with E-state index in [4.69, 9.17) is 11.6 Å². The van der Waals surface area contributed by atoms with Crippen LogP contribution in [0, 0.1) is 6.92 Å². The molecule has 0 radical (unpaired) electrons. The smallest absolute Gasteiger partial charge is 0.252 e. The predicted octanol–water partition coefficient (Wildman–Crippen LogP) is 2.86. The highest BCUT2D eigenvalue weighted by atomic mass is 35.5. The maximum Gasteiger partial charge on any atom is 0.252 e. The van der Waals surface area contributed by atoms with Crippen molar-refractivity contribution in [3.05, 3.63) is 16.0 Å². The second-order valence-corrected chi connectivity index (χ2v) is 9.22. The van der Waals surface area contributed by atoms with Crippen LogP contribution in [-0.2, 0) is 10.0 Å². The van der Waals surface area contributed by atoms with Gasteiger partial charge in [0.05, 0.1) is 4.34 Å². The summed E-state index contributed by atoms with van der Waals surface area (Å²) in [5.41, 5.74) is 0.822. The first-order valence-electron chi connectivity index (χ1n) is 6.77. The van der Waals surface area contributed by atoms with E-state index in [-0.39, 0.29) is 6.04 Å². The molecule has 1 fully saturated rings. The lowest BCUT2D eigenvalue weighted by molar-refractivity contribution is 0.255. The van der Waals surface area contributed by atoms with Gasteiger partial charge in [0.2, 0.25) is 0 Å². The van der Waals surface area contributed by atoms with Gasteiger partial charge in [0.25, 0.3) is 10.0 Å². The molecule has 7 heteroatoms. The number of nitrogens with one attached hydrogen (secondary N) is 1. The van der Waals surface area contributed by atoms with Gasteiger partial charge in [0.15, 0.2) is 0 Å². The van der Waals surface area contributed by atoms with E-state index in [0.717, 1.165) is 42.6 Å². The van der Waals surface area contributed by atoms with Crippen molar-refractivity contribution < 1.29 is 8.42 Å². The number of halogens is 1. The highest BCUT2D eigenvalue weighted by Gasteiger charge is 2.32. The molecule has 1 heterocycles. The van der Waals surface area contributed by atoms with Crippen LogP contribution >= 0.6 is 22.9 Å². The third-order valence-corrected chi connectivity index (χ3v) is 8.00. The SMILES string of the molecule is CNC1CCC(N(C)S(=O)(=O)c2cc(C)c(Cl)s2)CC1. The van der Waals surface area contributed by atoms with Crippen LogP contribution in [0.3, 0.4) is 0 Å². The van der Waals surface area contributed by atoms with Crippen LogP contribution in [-0.4, -0.2) is 38.9 Å². The molecular weight excluding hydrogens is 316 g/mol. The minimum Gasteiger partial charge on any atom is -0.317 e. The lowest BCUT2D eigenvalue weighted by atomic mass is 9.91. The Balaban J connectivity index is 2.13. The van der Waals surface area contributed by atoms with E-state index in [1.54, 1.807) is 13.1 Å². The second-order valence-electron chi connectivity index (χ2n) is 5.34. The average molecular weight is 337 g/mol. The molecule has 0 spiro atoms. The first kappa shape index (κ1) is 16.2. The molecular formula is C13H21ClN2O2S2. The van der Waals surface area contributed by atoms with E-state index in [2.05, 4.69) is 5.32 Å². The summed E-state index contributed by atoms with van der Waals surface area (Å²) in [6, 6.07) is 2.27. The Labute approximate surface area is 130 Å². The molecule has 20 heavy (non-hydrogen) atoms. The number of aryl methyl sites for hydroxylation is 1. The van der Waals surface area contributed by atoms with Gasteiger partial charge < -0.3 is 5.32 Å². The Hall–Kier alpha value is -0.140. The molecule has 0 bridgehead atoms. The highest BCUT2D eigenvalue weighted by molar-refractivity contribution is 7.91. The van der Waals surface area contributed by atoms with Gasteiger partial charge in [-0.3, -0.25) is 0 Å². The van der Waals surface area contributed by atoms with E-state index in [0.29, 0.717) is 14.6 Å². The molecule has 0 aromatic carbocycles. The van der Waals surface area contributed by atoms with E-state index in [9.17, 15) is 8.42 Å². The predicted molar refractivity (Wildman–Crippen MR) is 84.1 cm³/mol. The minimum atomic E-state index is -3.42. The lowest BCUT2D eigenvalue weighted by Gasteiger charge is -2.33. The average Bonchev–Trinajstić information content (AvgIpc) is 2.78. The van der Waals surface area contributed by atoms with Crippen LogP contribution in [0.15, 0.2) is 10.3 Å². The molecule has 0 saturated heterocycles. The summed E-state index contributed by atoms with van der Waals surface area (Å²) in [6.45, 7) is 1.83. The van der Waals surface area contributed by atoms with Crippen molar-refractivity contribution in [1.82, 2.24) is 9.62 Å². The standard InChI is InChI=1S/C13H21ClN2O2S2/c1-9-8-12(19-13(9)14)20(17,18)16(3)11-6-4-10(15-2)5-7-11/h8,10-11,15H,4-7H2,1-3H3. The molecule has 0 atom stereocenters. The summed E-state index contributed by atoms with van der Waals surface area (Å²) in [5.74, 6) is 0. The van der Waals surface area contributed by atoms with Crippen molar-refractivity contribution >= 4 is 33.0 Å². The van der Waals surface area contributed by atoms with Gasteiger partial charge in [-0.05, 0) is 51.3 Å². The van der Waals surface area contributed by atoms with Crippen LogP contribution in [0.2, 0.25) is 4.34 Å². The maximum absolute atomic E-state index is 12.6. The van der Waals surface area contributed by atoms with Gasteiger partial charge in [-0.1, -0.05) is 11.6 Å².